The van der Waals surface area contributed by atoms with Crippen LogP contribution in [0.3, 0.4) is 0 Å². The number of aromatic nitrogens is 2. The van der Waals surface area contributed by atoms with Crippen molar-refractivity contribution in [2.45, 2.75) is 57.5 Å². The Morgan fingerprint density at radius 3 is 2.88 bits per heavy atom. The first-order chi connectivity index (χ1) is 15.8. The van der Waals surface area contributed by atoms with E-state index in [-0.39, 0.29) is 12.1 Å². The Balaban J connectivity index is 1.26. The van der Waals surface area contributed by atoms with E-state index >= 15 is 0 Å². The standard InChI is InChI=1S/C26H29N3O3/c30-25(28-23-9-2-1-6-21(23)18-32-22-7-5-8-22)14-12-19-11-13-20-17-27-29(24(20)16-19)26-10-3-4-15-31-26/h1-2,6,9,11-14,16-17,22,26H,3-5,7-8,10,15,18H2,(H,28,30)/b14-12+. The van der Waals surface area contributed by atoms with E-state index in [9.17, 15) is 4.79 Å². The number of anilines is 1. The molecule has 6 nitrogen and oxygen atoms in total. The molecule has 2 fully saturated rings. The molecule has 1 aliphatic carbocycles. The highest BCUT2D eigenvalue weighted by Gasteiger charge is 2.19. The topological polar surface area (TPSA) is 65.4 Å². The van der Waals surface area contributed by atoms with Gasteiger partial charge in [0, 0.05) is 29.3 Å². The van der Waals surface area contributed by atoms with Crippen LogP contribution < -0.4 is 5.32 Å². The van der Waals surface area contributed by atoms with Gasteiger partial charge >= 0.3 is 0 Å². The fraction of sp³-hybridized carbons (Fsp3) is 0.385. The van der Waals surface area contributed by atoms with E-state index in [1.807, 2.05) is 53.4 Å². The van der Waals surface area contributed by atoms with Crippen molar-refractivity contribution in [3.05, 3.63) is 65.9 Å². The van der Waals surface area contributed by atoms with Gasteiger partial charge in [0.05, 0.1) is 24.4 Å². The molecule has 1 saturated carbocycles. The van der Waals surface area contributed by atoms with E-state index in [4.69, 9.17) is 9.47 Å². The lowest BCUT2D eigenvalue weighted by Gasteiger charge is -2.26. The number of amides is 1. The molecule has 0 spiro atoms. The minimum atomic E-state index is -0.162. The maximum Gasteiger partial charge on any atom is 0.248 e. The van der Waals surface area contributed by atoms with Gasteiger partial charge in [-0.25, -0.2) is 4.68 Å². The largest absolute Gasteiger partial charge is 0.373 e. The van der Waals surface area contributed by atoms with Gasteiger partial charge < -0.3 is 14.8 Å². The number of hydrogen-bond acceptors (Lipinski definition) is 4. The lowest BCUT2D eigenvalue weighted by molar-refractivity contribution is -0.111. The van der Waals surface area contributed by atoms with Crippen molar-refractivity contribution in [3.8, 4) is 0 Å². The molecule has 1 aliphatic heterocycles. The Labute approximate surface area is 188 Å². The van der Waals surface area contributed by atoms with Gasteiger partial charge in [0.2, 0.25) is 5.91 Å². The number of rotatable bonds is 7. The molecule has 1 aromatic heterocycles. The fourth-order valence-electron chi connectivity index (χ4n) is 4.16. The highest BCUT2D eigenvalue weighted by atomic mass is 16.5. The van der Waals surface area contributed by atoms with Crippen LogP contribution in [0.25, 0.3) is 17.0 Å². The van der Waals surface area contributed by atoms with Crippen LogP contribution in [0.1, 0.15) is 55.9 Å². The van der Waals surface area contributed by atoms with Gasteiger partial charge in [-0.3, -0.25) is 4.79 Å². The lowest BCUT2D eigenvalue weighted by atomic mass is 9.96. The molecule has 1 amide bonds. The van der Waals surface area contributed by atoms with Crippen LogP contribution in [0.2, 0.25) is 0 Å². The predicted molar refractivity (Wildman–Crippen MR) is 125 cm³/mol. The summed E-state index contributed by atoms with van der Waals surface area (Å²) in [6, 6.07) is 13.9. The van der Waals surface area contributed by atoms with Crippen LogP contribution in [0.15, 0.2) is 54.7 Å². The molecule has 5 rings (SSSR count). The summed E-state index contributed by atoms with van der Waals surface area (Å²) < 4.78 is 13.8. The van der Waals surface area contributed by atoms with Gasteiger partial charge in [-0.2, -0.15) is 5.10 Å². The van der Waals surface area contributed by atoms with Crippen LogP contribution in [0.5, 0.6) is 0 Å². The van der Waals surface area contributed by atoms with E-state index in [0.717, 1.165) is 66.4 Å². The van der Waals surface area contributed by atoms with E-state index in [1.54, 1.807) is 6.08 Å². The second kappa shape index (κ2) is 9.67. The highest BCUT2D eigenvalue weighted by molar-refractivity contribution is 6.02. The molecule has 0 radical (unpaired) electrons. The van der Waals surface area contributed by atoms with Crippen molar-refractivity contribution in [2.75, 3.05) is 11.9 Å². The third kappa shape index (κ3) is 4.76. The van der Waals surface area contributed by atoms with Crippen molar-refractivity contribution in [3.63, 3.8) is 0 Å². The third-order valence-corrected chi connectivity index (χ3v) is 6.28. The Hall–Kier alpha value is -2.96. The van der Waals surface area contributed by atoms with Gasteiger partial charge in [-0.1, -0.05) is 30.3 Å². The van der Waals surface area contributed by atoms with Crippen molar-refractivity contribution in [1.29, 1.82) is 0 Å². The molecule has 2 aliphatic rings. The molecule has 1 unspecified atom stereocenters. The van der Waals surface area contributed by atoms with Crippen molar-refractivity contribution in [2.24, 2.45) is 0 Å². The number of carbonyl (C=O) groups is 1. The van der Waals surface area contributed by atoms with Crippen LogP contribution in [0, 0.1) is 0 Å². The zero-order valence-corrected chi connectivity index (χ0v) is 18.2. The molecule has 2 aromatic carbocycles. The number of nitrogens with one attached hydrogen (secondary N) is 1. The Kier molecular flexibility index (Phi) is 6.32. The number of nitrogens with zero attached hydrogens (tertiary/aromatic N) is 2. The molecule has 1 N–H and O–H groups in total. The normalized spacial score (nSPS) is 19.3. The molecule has 2 heterocycles. The monoisotopic (exact) mass is 431 g/mol. The van der Waals surface area contributed by atoms with E-state index in [1.165, 1.54) is 6.42 Å². The second-order valence-electron chi connectivity index (χ2n) is 8.57. The Bertz CT molecular complexity index is 1110. The van der Waals surface area contributed by atoms with E-state index in [2.05, 4.69) is 16.5 Å². The van der Waals surface area contributed by atoms with Crippen LogP contribution in [0.4, 0.5) is 5.69 Å². The second-order valence-corrected chi connectivity index (χ2v) is 8.57. The maximum atomic E-state index is 12.6. The van der Waals surface area contributed by atoms with Crippen LogP contribution in [-0.2, 0) is 20.9 Å². The molecule has 6 heteroatoms. The molecule has 1 saturated heterocycles. The summed E-state index contributed by atoms with van der Waals surface area (Å²) >= 11 is 0. The molecule has 3 aromatic rings. The van der Waals surface area contributed by atoms with Crippen molar-refractivity contribution < 1.29 is 14.3 Å². The first-order valence-electron chi connectivity index (χ1n) is 11.5. The first-order valence-corrected chi connectivity index (χ1v) is 11.5. The zero-order valence-electron chi connectivity index (χ0n) is 18.2. The number of carbonyl (C=O) groups excluding carboxylic acids is 1. The van der Waals surface area contributed by atoms with Gasteiger partial charge in [0.15, 0.2) is 6.23 Å². The summed E-state index contributed by atoms with van der Waals surface area (Å²) in [5.74, 6) is -0.162. The summed E-state index contributed by atoms with van der Waals surface area (Å²) in [4.78, 5) is 12.6. The molecular weight excluding hydrogens is 402 g/mol. The van der Waals surface area contributed by atoms with Gasteiger partial charge in [0.1, 0.15) is 0 Å². The lowest BCUT2D eigenvalue weighted by Crippen LogP contribution is -2.21. The quantitative estimate of drug-likeness (QED) is 0.505. The Morgan fingerprint density at radius 1 is 1.16 bits per heavy atom. The fourth-order valence-corrected chi connectivity index (χ4v) is 4.16. The average molecular weight is 432 g/mol. The van der Waals surface area contributed by atoms with E-state index in [0.29, 0.717) is 12.7 Å². The number of fused-ring (bicyclic) bond motifs is 1. The van der Waals surface area contributed by atoms with Gasteiger partial charge in [0.25, 0.3) is 0 Å². The Morgan fingerprint density at radius 2 is 2.06 bits per heavy atom. The van der Waals surface area contributed by atoms with Crippen LogP contribution in [-0.4, -0.2) is 28.4 Å². The number of ether oxygens (including phenoxy) is 2. The summed E-state index contributed by atoms with van der Waals surface area (Å²) in [6.07, 6.45) is 12.4. The highest BCUT2D eigenvalue weighted by Crippen LogP contribution is 2.27. The smallest absolute Gasteiger partial charge is 0.248 e. The zero-order chi connectivity index (χ0) is 21.8. The minimum absolute atomic E-state index is 0.0116. The molecule has 0 bridgehead atoms. The van der Waals surface area contributed by atoms with E-state index < -0.39 is 0 Å². The van der Waals surface area contributed by atoms with Crippen molar-refractivity contribution >= 4 is 28.6 Å². The van der Waals surface area contributed by atoms with Gasteiger partial charge in [-0.15, -0.1) is 0 Å². The predicted octanol–water partition coefficient (Wildman–Crippen LogP) is 5.46. The van der Waals surface area contributed by atoms with Gasteiger partial charge in [-0.05, 0) is 62.3 Å². The summed E-state index contributed by atoms with van der Waals surface area (Å²) in [7, 11) is 0. The minimum Gasteiger partial charge on any atom is -0.373 e. The van der Waals surface area contributed by atoms with Crippen molar-refractivity contribution in [1.82, 2.24) is 9.78 Å². The van der Waals surface area contributed by atoms with Crippen LogP contribution >= 0.6 is 0 Å². The molecular formula is C26H29N3O3. The number of hydrogen-bond donors (Lipinski definition) is 1. The average Bonchev–Trinajstić information content (AvgIpc) is 3.22. The maximum absolute atomic E-state index is 12.6. The summed E-state index contributed by atoms with van der Waals surface area (Å²) in [6.45, 7) is 1.30. The molecule has 32 heavy (non-hydrogen) atoms. The molecule has 166 valence electrons. The number of benzene rings is 2. The SMILES string of the molecule is O=C(/C=C/c1ccc2cnn(C3CCCCO3)c2c1)Nc1ccccc1COC1CCC1. The number of para-hydroxylation sites is 1. The summed E-state index contributed by atoms with van der Waals surface area (Å²) in [5.41, 5.74) is 3.77. The summed E-state index contributed by atoms with van der Waals surface area (Å²) in [5, 5.41) is 8.60. The first kappa shape index (κ1) is 20.9. The molecule has 1 atom stereocenters. The third-order valence-electron chi connectivity index (χ3n) is 6.28.